The SMILES string of the molecule is Nc1[nH]n(-c2ccc(C(=O)O)cc2)c(=O)c1C=C=Cc1c(N)[nH]n(-c2ccc(C(=O)O)cc2)c1=O. The molecule has 0 fully saturated rings. The summed E-state index contributed by atoms with van der Waals surface area (Å²) in [5, 5.41) is 23.4. The Kier molecular flexibility index (Phi) is 5.71. The van der Waals surface area contributed by atoms with Crippen molar-refractivity contribution in [3.8, 4) is 11.4 Å². The topological polar surface area (TPSA) is 202 Å². The number of nitrogens with two attached hydrogens (primary N) is 2. The first-order chi connectivity index (χ1) is 16.7. The fraction of sp³-hybridized carbons (Fsp3) is 0. The third kappa shape index (κ3) is 4.27. The molecule has 4 rings (SSSR count). The van der Waals surface area contributed by atoms with Crippen LogP contribution in [0.25, 0.3) is 23.5 Å². The lowest BCUT2D eigenvalue weighted by atomic mass is 10.2. The second-order valence-corrected chi connectivity index (χ2v) is 7.32. The van der Waals surface area contributed by atoms with E-state index in [0.717, 1.165) is 9.36 Å². The maximum absolute atomic E-state index is 12.8. The molecule has 0 aliphatic heterocycles. The van der Waals surface area contributed by atoms with E-state index < -0.39 is 23.1 Å². The maximum Gasteiger partial charge on any atom is 0.335 e. The van der Waals surface area contributed by atoms with Crippen LogP contribution < -0.4 is 22.6 Å². The molecule has 176 valence electrons. The summed E-state index contributed by atoms with van der Waals surface area (Å²) in [6.45, 7) is 0. The molecule has 0 amide bonds. The molecule has 2 heterocycles. The summed E-state index contributed by atoms with van der Waals surface area (Å²) in [6.07, 6.45) is 2.57. The Morgan fingerprint density at radius 3 is 1.37 bits per heavy atom. The highest BCUT2D eigenvalue weighted by Crippen LogP contribution is 2.14. The Balaban J connectivity index is 1.65. The molecule has 0 atom stereocenters. The third-order valence-electron chi connectivity index (χ3n) is 5.11. The highest BCUT2D eigenvalue weighted by atomic mass is 16.4. The molecule has 35 heavy (non-hydrogen) atoms. The van der Waals surface area contributed by atoms with Crippen LogP contribution in [-0.4, -0.2) is 41.7 Å². The summed E-state index contributed by atoms with van der Waals surface area (Å²) in [4.78, 5) is 47.5. The Labute approximate surface area is 195 Å². The van der Waals surface area contributed by atoms with Crippen LogP contribution in [0.4, 0.5) is 11.6 Å². The molecule has 0 unspecified atom stereocenters. The Bertz CT molecular complexity index is 1510. The van der Waals surface area contributed by atoms with E-state index in [1.54, 1.807) is 0 Å². The predicted molar refractivity (Wildman–Crippen MR) is 128 cm³/mol. The minimum atomic E-state index is -1.09. The molecule has 2 aromatic heterocycles. The first kappa shape index (κ1) is 22.7. The molecule has 12 nitrogen and oxygen atoms in total. The van der Waals surface area contributed by atoms with E-state index in [1.165, 1.54) is 60.7 Å². The normalized spacial score (nSPS) is 10.5. The van der Waals surface area contributed by atoms with Crippen molar-refractivity contribution in [1.29, 1.82) is 0 Å². The first-order valence-electron chi connectivity index (χ1n) is 9.98. The number of H-pyrrole nitrogens is 2. The van der Waals surface area contributed by atoms with Crippen LogP contribution >= 0.6 is 0 Å². The van der Waals surface area contributed by atoms with Crippen molar-refractivity contribution in [2.45, 2.75) is 0 Å². The fourth-order valence-corrected chi connectivity index (χ4v) is 3.29. The van der Waals surface area contributed by atoms with E-state index in [1.807, 2.05) is 0 Å². The van der Waals surface area contributed by atoms with Gasteiger partial charge in [-0.15, -0.1) is 5.73 Å². The van der Waals surface area contributed by atoms with Gasteiger partial charge in [0.15, 0.2) is 0 Å². The van der Waals surface area contributed by atoms with Crippen molar-refractivity contribution in [2.75, 3.05) is 11.5 Å². The van der Waals surface area contributed by atoms with Crippen LogP contribution in [0.3, 0.4) is 0 Å². The van der Waals surface area contributed by atoms with Crippen LogP contribution in [0.2, 0.25) is 0 Å². The molecule has 0 radical (unpaired) electrons. The number of rotatable bonds is 6. The van der Waals surface area contributed by atoms with Gasteiger partial charge in [0.2, 0.25) is 0 Å². The summed E-state index contributed by atoms with van der Waals surface area (Å²) in [6, 6.07) is 11.2. The van der Waals surface area contributed by atoms with Gasteiger partial charge in [-0.1, -0.05) is 0 Å². The summed E-state index contributed by atoms with van der Waals surface area (Å²) >= 11 is 0. The zero-order valence-corrected chi connectivity index (χ0v) is 17.9. The van der Waals surface area contributed by atoms with Crippen LogP contribution in [0.15, 0.2) is 63.9 Å². The van der Waals surface area contributed by atoms with Crippen molar-refractivity contribution in [3.05, 3.63) is 97.2 Å². The van der Waals surface area contributed by atoms with Gasteiger partial charge in [-0.3, -0.25) is 19.8 Å². The molecule has 12 heteroatoms. The number of carbonyl (C=O) groups is 2. The van der Waals surface area contributed by atoms with Gasteiger partial charge in [-0.05, 0) is 60.7 Å². The average molecular weight is 474 g/mol. The van der Waals surface area contributed by atoms with Crippen LogP contribution in [0, 0.1) is 0 Å². The number of nitrogen functional groups attached to an aromatic ring is 2. The van der Waals surface area contributed by atoms with Crippen molar-refractivity contribution in [1.82, 2.24) is 19.6 Å². The number of aromatic carboxylic acids is 2. The van der Waals surface area contributed by atoms with E-state index in [-0.39, 0.29) is 33.9 Å². The number of nitrogens with one attached hydrogen (secondary N) is 2. The fourth-order valence-electron chi connectivity index (χ4n) is 3.29. The maximum atomic E-state index is 12.8. The molecule has 0 bridgehead atoms. The number of hydrogen-bond donors (Lipinski definition) is 6. The number of aromatic nitrogens is 4. The van der Waals surface area contributed by atoms with E-state index in [0.29, 0.717) is 11.4 Å². The quantitative estimate of drug-likeness (QED) is 0.226. The molecule has 0 spiro atoms. The molecule has 2 aromatic carbocycles. The molecule has 0 saturated carbocycles. The highest BCUT2D eigenvalue weighted by Gasteiger charge is 2.13. The van der Waals surface area contributed by atoms with Crippen molar-refractivity contribution in [3.63, 3.8) is 0 Å². The minimum absolute atomic E-state index is 0.0381. The number of aromatic amines is 2. The molecule has 4 aromatic rings. The lowest BCUT2D eigenvalue weighted by Gasteiger charge is -2.01. The van der Waals surface area contributed by atoms with Gasteiger partial charge in [0.05, 0.1) is 33.6 Å². The summed E-state index contributed by atoms with van der Waals surface area (Å²) < 4.78 is 2.29. The van der Waals surface area contributed by atoms with E-state index >= 15 is 0 Å². The van der Waals surface area contributed by atoms with Crippen LogP contribution in [-0.2, 0) is 0 Å². The van der Waals surface area contributed by atoms with E-state index in [4.69, 9.17) is 21.7 Å². The smallest absolute Gasteiger partial charge is 0.335 e. The molecule has 0 aliphatic carbocycles. The van der Waals surface area contributed by atoms with Gasteiger partial charge >= 0.3 is 11.9 Å². The third-order valence-corrected chi connectivity index (χ3v) is 5.11. The molecule has 8 N–H and O–H groups in total. The van der Waals surface area contributed by atoms with Gasteiger partial charge in [-0.2, -0.15) is 0 Å². The number of benzene rings is 2. The first-order valence-corrected chi connectivity index (χ1v) is 9.98. The van der Waals surface area contributed by atoms with Crippen LogP contribution in [0.5, 0.6) is 0 Å². The van der Waals surface area contributed by atoms with Crippen molar-refractivity contribution < 1.29 is 19.8 Å². The number of nitrogens with zero attached hydrogens (tertiary/aromatic N) is 2. The second kappa shape index (κ2) is 8.81. The summed E-state index contributed by atoms with van der Waals surface area (Å²) in [5.74, 6) is -2.11. The molecule has 0 aliphatic rings. The second-order valence-electron chi connectivity index (χ2n) is 7.32. The number of anilines is 2. The number of hydrogen-bond acceptors (Lipinski definition) is 6. The van der Waals surface area contributed by atoms with Gasteiger partial charge in [0, 0.05) is 0 Å². The van der Waals surface area contributed by atoms with Gasteiger partial charge in [0.1, 0.15) is 11.6 Å². The van der Waals surface area contributed by atoms with Crippen LogP contribution in [0.1, 0.15) is 31.8 Å². The minimum Gasteiger partial charge on any atom is -0.478 e. The van der Waals surface area contributed by atoms with Crippen molar-refractivity contribution >= 4 is 35.7 Å². The molecular formula is C23H18N6O6. The number of carboxylic acid groups (broad SMARTS) is 2. The summed E-state index contributed by atoms with van der Waals surface area (Å²) in [7, 11) is 0. The van der Waals surface area contributed by atoms with Gasteiger partial charge < -0.3 is 21.7 Å². The zero-order chi connectivity index (χ0) is 25.3. The monoisotopic (exact) mass is 474 g/mol. The Morgan fingerprint density at radius 2 is 1.06 bits per heavy atom. The molecule has 0 saturated heterocycles. The van der Waals surface area contributed by atoms with Gasteiger partial charge in [0.25, 0.3) is 11.1 Å². The van der Waals surface area contributed by atoms with Gasteiger partial charge in [-0.25, -0.2) is 19.0 Å². The van der Waals surface area contributed by atoms with Crippen molar-refractivity contribution in [2.24, 2.45) is 0 Å². The Hall–Kier alpha value is -5.48. The lowest BCUT2D eigenvalue weighted by Crippen LogP contribution is -2.16. The predicted octanol–water partition coefficient (Wildman–Crippen LogP) is 1.53. The van der Waals surface area contributed by atoms with E-state index in [2.05, 4.69) is 15.9 Å². The Morgan fingerprint density at radius 1 is 0.714 bits per heavy atom. The molecular weight excluding hydrogens is 456 g/mol. The lowest BCUT2D eigenvalue weighted by molar-refractivity contribution is 0.0686. The zero-order valence-electron chi connectivity index (χ0n) is 17.9. The largest absolute Gasteiger partial charge is 0.478 e. The summed E-state index contributed by atoms with van der Waals surface area (Å²) in [5.41, 5.74) is 14.6. The standard InChI is InChI=1S/C23H18N6O6/c24-18-16(20(30)28(26-18)14-8-4-12(5-9-14)22(32)33)2-1-3-17-19(25)27-29(21(17)31)15-10-6-13(7-11-15)23(34)35/h2-11,26-27H,24-25H2,(H,32,33)(H,34,35). The average Bonchev–Trinajstić information content (AvgIpc) is 3.28. The highest BCUT2D eigenvalue weighted by molar-refractivity contribution is 5.88. The number of carboxylic acids is 2. The van der Waals surface area contributed by atoms with E-state index in [9.17, 15) is 19.2 Å².